The van der Waals surface area contributed by atoms with Crippen molar-refractivity contribution >= 4 is 17.6 Å². The fourth-order valence-corrected chi connectivity index (χ4v) is 2.06. The molecule has 0 atom stereocenters. The van der Waals surface area contributed by atoms with Gasteiger partial charge in [-0.3, -0.25) is 0 Å². The van der Waals surface area contributed by atoms with E-state index in [0.29, 0.717) is 22.7 Å². The summed E-state index contributed by atoms with van der Waals surface area (Å²) < 4.78 is 20.2. The molecule has 0 radical (unpaired) electrons. The lowest BCUT2D eigenvalue weighted by Crippen LogP contribution is -2.19. The Labute approximate surface area is 152 Å². The van der Waals surface area contributed by atoms with E-state index in [2.05, 4.69) is 5.32 Å². The van der Waals surface area contributed by atoms with E-state index in [9.17, 15) is 9.59 Å². The van der Waals surface area contributed by atoms with E-state index in [4.69, 9.17) is 24.2 Å². The molecule has 0 saturated heterocycles. The number of methoxy groups -OCH3 is 2. The van der Waals surface area contributed by atoms with Gasteiger partial charge in [-0.05, 0) is 25.5 Å². The highest BCUT2D eigenvalue weighted by Gasteiger charge is 2.21. The van der Waals surface area contributed by atoms with Crippen LogP contribution in [0.15, 0.2) is 23.9 Å². The molecule has 0 aliphatic rings. The van der Waals surface area contributed by atoms with Crippen LogP contribution in [0.2, 0.25) is 0 Å². The highest BCUT2D eigenvalue weighted by molar-refractivity contribution is 6.14. The van der Waals surface area contributed by atoms with Gasteiger partial charge in [0.25, 0.3) is 0 Å². The molecular weight excluding hydrogens is 340 g/mol. The maximum absolute atomic E-state index is 12.0. The number of hydrogen-bond acceptors (Lipinski definition) is 8. The molecule has 0 aromatic heterocycles. The Kier molecular flexibility index (Phi) is 8.50. The van der Waals surface area contributed by atoms with Crippen LogP contribution >= 0.6 is 0 Å². The van der Waals surface area contributed by atoms with Crippen LogP contribution in [0, 0.1) is 11.3 Å². The summed E-state index contributed by atoms with van der Waals surface area (Å²) in [4.78, 5) is 24.0. The van der Waals surface area contributed by atoms with Crippen molar-refractivity contribution in [2.75, 3.05) is 32.8 Å². The lowest BCUT2D eigenvalue weighted by molar-refractivity contribution is -0.146. The van der Waals surface area contributed by atoms with Crippen LogP contribution in [0.4, 0.5) is 5.69 Å². The third-order valence-corrected chi connectivity index (χ3v) is 3.24. The molecular formula is C18H22N2O6. The Bertz CT molecular complexity index is 701. The number of carbonyl (C=O) groups excluding carboxylic acids is 2. The first-order valence-electron chi connectivity index (χ1n) is 7.95. The molecule has 1 aromatic carbocycles. The van der Waals surface area contributed by atoms with E-state index in [-0.39, 0.29) is 25.2 Å². The van der Waals surface area contributed by atoms with Gasteiger partial charge in [0.1, 0.15) is 0 Å². The number of nitrogens with zero attached hydrogens (tertiary/aromatic N) is 1. The first-order valence-corrected chi connectivity index (χ1v) is 7.95. The summed E-state index contributed by atoms with van der Waals surface area (Å²) in [6.45, 7) is 3.50. The molecule has 0 heterocycles. The number of nitrogens with one attached hydrogen (secondary N) is 1. The molecule has 0 aliphatic heterocycles. The first-order chi connectivity index (χ1) is 12.5. The van der Waals surface area contributed by atoms with E-state index in [1.54, 1.807) is 26.0 Å². The minimum absolute atomic E-state index is 0.0880. The van der Waals surface area contributed by atoms with Gasteiger partial charge in [0, 0.05) is 18.0 Å². The number of nitriles is 1. The number of esters is 2. The van der Waals surface area contributed by atoms with Gasteiger partial charge in [-0.2, -0.15) is 5.26 Å². The molecule has 1 N–H and O–H groups in total. The minimum atomic E-state index is -0.805. The quantitative estimate of drug-likeness (QED) is 0.308. The van der Waals surface area contributed by atoms with Crippen LogP contribution in [-0.2, 0) is 25.5 Å². The summed E-state index contributed by atoms with van der Waals surface area (Å²) in [7, 11) is 2.96. The monoisotopic (exact) mass is 362 g/mol. The second-order valence-corrected chi connectivity index (χ2v) is 4.84. The third kappa shape index (κ3) is 5.41. The molecule has 0 amide bonds. The molecule has 1 rings (SSSR count). The number of hydrogen-bond donors (Lipinski definition) is 1. The maximum Gasteiger partial charge on any atom is 0.347 e. The van der Waals surface area contributed by atoms with Crippen molar-refractivity contribution in [1.29, 1.82) is 5.26 Å². The van der Waals surface area contributed by atoms with Gasteiger partial charge in [-0.15, -0.1) is 0 Å². The van der Waals surface area contributed by atoms with Crippen molar-refractivity contribution in [3.63, 3.8) is 0 Å². The van der Waals surface area contributed by atoms with Gasteiger partial charge in [-0.1, -0.05) is 0 Å². The topological polar surface area (TPSA) is 107 Å². The summed E-state index contributed by atoms with van der Waals surface area (Å²) in [5, 5.41) is 11.9. The highest BCUT2D eigenvalue weighted by Crippen LogP contribution is 2.33. The van der Waals surface area contributed by atoms with Crippen molar-refractivity contribution in [2.45, 2.75) is 20.3 Å². The Morgan fingerprint density at radius 3 is 2.08 bits per heavy atom. The average Bonchev–Trinajstić information content (AvgIpc) is 2.63. The Morgan fingerprint density at radius 1 is 1.08 bits per heavy atom. The van der Waals surface area contributed by atoms with Crippen LogP contribution in [0.1, 0.15) is 19.4 Å². The van der Waals surface area contributed by atoms with E-state index in [1.165, 1.54) is 20.4 Å². The predicted molar refractivity (Wildman–Crippen MR) is 93.8 cm³/mol. The van der Waals surface area contributed by atoms with Crippen LogP contribution in [0.3, 0.4) is 0 Å². The summed E-state index contributed by atoms with van der Waals surface area (Å²) in [6, 6.07) is 5.30. The maximum atomic E-state index is 12.0. The second kappa shape index (κ2) is 10.6. The molecule has 26 heavy (non-hydrogen) atoms. The summed E-state index contributed by atoms with van der Waals surface area (Å²) in [5.41, 5.74) is 0.801. The van der Waals surface area contributed by atoms with Crippen LogP contribution < -0.4 is 14.8 Å². The van der Waals surface area contributed by atoms with Crippen LogP contribution in [0.25, 0.3) is 0 Å². The standard InChI is InChI=1S/C18H22N2O6/c1-5-25-17(21)13(18(22)26-6-2)11-20-14-10-16(24-4)15(23-3)9-12(14)7-8-19/h9-11,20H,5-7H2,1-4H3. The van der Waals surface area contributed by atoms with E-state index < -0.39 is 11.9 Å². The van der Waals surface area contributed by atoms with Crippen molar-refractivity contribution in [2.24, 2.45) is 0 Å². The summed E-state index contributed by atoms with van der Waals surface area (Å²) >= 11 is 0. The van der Waals surface area contributed by atoms with Gasteiger partial charge in [0.05, 0.1) is 39.9 Å². The van der Waals surface area contributed by atoms with Crippen molar-refractivity contribution in [1.82, 2.24) is 0 Å². The SMILES string of the molecule is CCOC(=O)C(=CNc1cc(OC)c(OC)cc1CC#N)C(=O)OCC. The Hall–Kier alpha value is -3.21. The van der Waals surface area contributed by atoms with E-state index in [0.717, 1.165) is 0 Å². The van der Waals surface area contributed by atoms with E-state index >= 15 is 0 Å². The lowest BCUT2D eigenvalue weighted by Gasteiger charge is -2.14. The zero-order valence-electron chi connectivity index (χ0n) is 15.3. The molecule has 8 nitrogen and oxygen atoms in total. The summed E-state index contributed by atoms with van der Waals surface area (Å²) in [5.74, 6) is -0.719. The van der Waals surface area contributed by atoms with Crippen LogP contribution in [-0.4, -0.2) is 39.4 Å². The fraction of sp³-hybridized carbons (Fsp3) is 0.389. The van der Waals surface area contributed by atoms with Gasteiger partial charge in [0.15, 0.2) is 17.1 Å². The number of anilines is 1. The van der Waals surface area contributed by atoms with Crippen LogP contribution in [0.5, 0.6) is 11.5 Å². The molecule has 0 unspecified atom stereocenters. The molecule has 0 saturated carbocycles. The second-order valence-electron chi connectivity index (χ2n) is 4.84. The van der Waals surface area contributed by atoms with Gasteiger partial charge >= 0.3 is 11.9 Å². The van der Waals surface area contributed by atoms with Gasteiger partial charge in [-0.25, -0.2) is 9.59 Å². The number of benzene rings is 1. The van der Waals surface area contributed by atoms with E-state index in [1.807, 2.05) is 6.07 Å². The number of rotatable bonds is 9. The average molecular weight is 362 g/mol. The predicted octanol–water partition coefficient (Wildman–Crippen LogP) is 2.19. The van der Waals surface area contributed by atoms with Crippen molar-refractivity contribution < 1.29 is 28.5 Å². The fourth-order valence-electron chi connectivity index (χ4n) is 2.06. The minimum Gasteiger partial charge on any atom is -0.493 e. The molecule has 1 aromatic rings. The zero-order chi connectivity index (χ0) is 19.5. The highest BCUT2D eigenvalue weighted by atomic mass is 16.6. The molecule has 140 valence electrons. The van der Waals surface area contributed by atoms with Crippen molar-refractivity contribution in [3.05, 3.63) is 29.5 Å². The normalized spacial score (nSPS) is 9.50. The van der Waals surface area contributed by atoms with Gasteiger partial charge in [0.2, 0.25) is 0 Å². The molecule has 8 heteroatoms. The molecule has 0 aliphatic carbocycles. The zero-order valence-corrected chi connectivity index (χ0v) is 15.3. The number of ether oxygens (including phenoxy) is 4. The Balaban J connectivity index is 3.27. The lowest BCUT2D eigenvalue weighted by atomic mass is 10.1. The van der Waals surface area contributed by atoms with Crippen molar-refractivity contribution in [3.8, 4) is 17.6 Å². The summed E-state index contributed by atoms with van der Waals surface area (Å²) in [6.07, 6.45) is 1.28. The molecule has 0 spiro atoms. The Morgan fingerprint density at radius 2 is 1.62 bits per heavy atom. The molecule has 0 bridgehead atoms. The third-order valence-electron chi connectivity index (χ3n) is 3.24. The number of carbonyl (C=O) groups is 2. The smallest absolute Gasteiger partial charge is 0.347 e. The first kappa shape index (κ1) is 20.8. The largest absolute Gasteiger partial charge is 0.493 e. The van der Waals surface area contributed by atoms with Gasteiger partial charge < -0.3 is 24.3 Å². The molecule has 0 fully saturated rings.